The zero-order chi connectivity index (χ0) is 26.0. The first-order valence-corrected chi connectivity index (χ1v) is 12.5. The molecule has 0 spiro atoms. The lowest BCUT2D eigenvalue weighted by Gasteiger charge is -2.37. The van der Waals surface area contributed by atoms with Gasteiger partial charge in [-0.05, 0) is 81.0 Å². The van der Waals surface area contributed by atoms with Crippen LogP contribution in [0.1, 0.15) is 75.6 Å². The van der Waals surface area contributed by atoms with E-state index in [1.54, 1.807) is 12.1 Å². The van der Waals surface area contributed by atoms with Gasteiger partial charge in [0.15, 0.2) is 0 Å². The number of hydrogen-bond acceptors (Lipinski definition) is 3. The smallest absolute Gasteiger partial charge is 0.411 e. The van der Waals surface area contributed by atoms with Gasteiger partial charge in [0.05, 0.1) is 12.5 Å². The predicted molar refractivity (Wildman–Crippen MR) is 139 cm³/mol. The lowest BCUT2D eigenvalue weighted by atomic mass is 9.94. The summed E-state index contributed by atoms with van der Waals surface area (Å²) in [6.07, 6.45) is 2.05. The Balaban J connectivity index is 1.66. The Hall–Kier alpha value is -3.41. The maximum absolute atomic E-state index is 14.5. The number of rotatable bonds is 6. The van der Waals surface area contributed by atoms with E-state index in [-0.39, 0.29) is 36.3 Å². The molecule has 0 bridgehead atoms. The highest BCUT2D eigenvalue weighted by atomic mass is 19.1. The summed E-state index contributed by atoms with van der Waals surface area (Å²) >= 11 is 0. The summed E-state index contributed by atoms with van der Waals surface area (Å²) < 4.78 is 20.4. The quantitative estimate of drug-likeness (QED) is 0.395. The number of aliphatic carboxylic acids is 1. The van der Waals surface area contributed by atoms with E-state index in [4.69, 9.17) is 4.74 Å². The Morgan fingerprint density at radius 3 is 2.47 bits per heavy atom. The molecule has 1 saturated carbocycles. The van der Waals surface area contributed by atoms with Crippen LogP contribution in [0.5, 0.6) is 0 Å². The van der Waals surface area contributed by atoms with Crippen molar-refractivity contribution in [2.75, 3.05) is 0 Å². The lowest BCUT2D eigenvalue weighted by molar-refractivity contribution is -0.136. The number of carbonyl (C=O) groups is 2. The van der Waals surface area contributed by atoms with Crippen LogP contribution in [0.15, 0.2) is 60.7 Å². The van der Waals surface area contributed by atoms with E-state index in [1.165, 1.54) is 6.07 Å². The number of benzene rings is 3. The van der Waals surface area contributed by atoms with E-state index < -0.39 is 11.6 Å². The fraction of sp³-hybridized carbons (Fsp3) is 0.400. The van der Waals surface area contributed by atoms with Crippen molar-refractivity contribution < 1.29 is 23.8 Å². The van der Waals surface area contributed by atoms with Gasteiger partial charge in [0, 0.05) is 11.4 Å². The highest BCUT2D eigenvalue weighted by molar-refractivity contribution is 5.87. The standard InChI is InChI=1S/C30H34FNO4/c1-19(24-14-15-27(31)26-11-6-5-10-25(24)26)32(29(35)36-30(2,3)4)23-13-12-22(18-23)21-9-7-8-20(16-21)17-28(33)34/h5-11,14-16,19,22-23H,12-13,17-18H2,1-4H3,(H,33,34)/t19-,22-,23+/m1/s1. The number of hydrogen-bond donors (Lipinski definition) is 1. The minimum absolute atomic E-state index is 0.0112. The van der Waals surface area contributed by atoms with Gasteiger partial charge in [0.25, 0.3) is 0 Å². The van der Waals surface area contributed by atoms with E-state index in [1.807, 2.05) is 75.1 Å². The summed E-state index contributed by atoms with van der Waals surface area (Å²) in [4.78, 5) is 26.5. The summed E-state index contributed by atoms with van der Waals surface area (Å²) in [7, 11) is 0. The van der Waals surface area contributed by atoms with Crippen LogP contribution in [-0.2, 0) is 16.0 Å². The molecular weight excluding hydrogens is 457 g/mol. The van der Waals surface area contributed by atoms with E-state index >= 15 is 0 Å². The van der Waals surface area contributed by atoms with Crippen molar-refractivity contribution >= 4 is 22.8 Å². The third-order valence-electron chi connectivity index (χ3n) is 6.95. The maximum Gasteiger partial charge on any atom is 0.411 e. The third kappa shape index (κ3) is 5.69. The molecule has 190 valence electrons. The number of carboxylic acid groups (broad SMARTS) is 1. The van der Waals surface area contributed by atoms with Gasteiger partial charge >= 0.3 is 12.1 Å². The normalized spacial score (nSPS) is 18.7. The number of carbonyl (C=O) groups excluding carboxylic acids is 1. The van der Waals surface area contributed by atoms with Crippen LogP contribution in [0, 0.1) is 5.82 Å². The van der Waals surface area contributed by atoms with Crippen LogP contribution in [0.2, 0.25) is 0 Å². The van der Waals surface area contributed by atoms with Gasteiger partial charge in [0.1, 0.15) is 11.4 Å². The molecule has 36 heavy (non-hydrogen) atoms. The topological polar surface area (TPSA) is 66.8 Å². The fourth-order valence-corrected chi connectivity index (χ4v) is 5.38. The Kier molecular flexibility index (Phi) is 7.34. The summed E-state index contributed by atoms with van der Waals surface area (Å²) in [5, 5.41) is 10.5. The van der Waals surface area contributed by atoms with E-state index in [9.17, 15) is 19.1 Å². The Morgan fingerprint density at radius 2 is 1.78 bits per heavy atom. The molecule has 6 heteroatoms. The highest BCUT2D eigenvalue weighted by Crippen LogP contribution is 2.41. The van der Waals surface area contributed by atoms with Crippen molar-refractivity contribution in [1.82, 2.24) is 4.90 Å². The Morgan fingerprint density at radius 1 is 1.06 bits per heavy atom. The zero-order valence-electron chi connectivity index (χ0n) is 21.3. The molecule has 5 nitrogen and oxygen atoms in total. The maximum atomic E-state index is 14.5. The van der Waals surface area contributed by atoms with Crippen LogP contribution in [0.4, 0.5) is 9.18 Å². The molecule has 0 aromatic heterocycles. The van der Waals surface area contributed by atoms with Gasteiger partial charge in [0.2, 0.25) is 0 Å². The molecule has 3 atom stereocenters. The van der Waals surface area contributed by atoms with Gasteiger partial charge in [-0.3, -0.25) is 9.69 Å². The molecule has 0 aliphatic heterocycles. The number of carboxylic acids is 1. The molecule has 0 heterocycles. The Bertz CT molecular complexity index is 1270. The SMILES string of the molecule is C[C@H](c1ccc(F)c2ccccc12)N(C(=O)OC(C)(C)C)[C@H]1CC[C@@H](c2cccc(CC(=O)O)c2)C1. The molecule has 1 aliphatic carbocycles. The van der Waals surface area contributed by atoms with Crippen molar-refractivity contribution in [2.45, 2.75) is 77.0 Å². The molecule has 0 unspecified atom stereocenters. The van der Waals surface area contributed by atoms with Crippen LogP contribution >= 0.6 is 0 Å². The molecule has 1 fully saturated rings. The molecule has 0 radical (unpaired) electrons. The van der Waals surface area contributed by atoms with Crippen molar-refractivity contribution in [3.8, 4) is 0 Å². The van der Waals surface area contributed by atoms with Crippen LogP contribution in [0.25, 0.3) is 10.8 Å². The summed E-state index contributed by atoms with van der Waals surface area (Å²) in [5.74, 6) is -0.925. The monoisotopic (exact) mass is 491 g/mol. The second-order valence-electron chi connectivity index (χ2n) is 10.7. The number of halogens is 1. The van der Waals surface area contributed by atoms with E-state index in [0.717, 1.165) is 41.3 Å². The van der Waals surface area contributed by atoms with Crippen LogP contribution in [-0.4, -0.2) is 33.7 Å². The molecule has 3 aromatic carbocycles. The fourth-order valence-electron chi connectivity index (χ4n) is 5.38. The van der Waals surface area contributed by atoms with Crippen LogP contribution in [0.3, 0.4) is 0 Å². The third-order valence-corrected chi connectivity index (χ3v) is 6.95. The molecule has 4 rings (SSSR count). The second-order valence-corrected chi connectivity index (χ2v) is 10.7. The minimum Gasteiger partial charge on any atom is -0.481 e. The van der Waals surface area contributed by atoms with Gasteiger partial charge in [-0.2, -0.15) is 0 Å². The largest absolute Gasteiger partial charge is 0.481 e. The first kappa shape index (κ1) is 25.7. The van der Waals surface area contributed by atoms with Crippen molar-refractivity contribution in [3.63, 3.8) is 0 Å². The van der Waals surface area contributed by atoms with Crippen molar-refractivity contribution in [2.24, 2.45) is 0 Å². The lowest BCUT2D eigenvalue weighted by Crippen LogP contribution is -2.44. The van der Waals surface area contributed by atoms with Gasteiger partial charge in [-0.1, -0.05) is 54.6 Å². The predicted octanol–water partition coefficient (Wildman–Crippen LogP) is 7.24. The number of ether oxygens (including phenoxy) is 1. The number of nitrogens with zero attached hydrogens (tertiary/aromatic N) is 1. The summed E-state index contributed by atoms with van der Waals surface area (Å²) in [5.41, 5.74) is 2.10. The molecule has 3 aromatic rings. The molecule has 1 N–H and O–H groups in total. The number of fused-ring (bicyclic) bond motifs is 1. The molecule has 1 aliphatic rings. The Labute approximate surface area is 211 Å². The summed E-state index contributed by atoms with van der Waals surface area (Å²) in [6.45, 7) is 7.54. The highest BCUT2D eigenvalue weighted by Gasteiger charge is 2.38. The first-order chi connectivity index (χ1) is 17.0. The van der Waals surface area contributed by atoms with Gasteiger partial charge in [-0.15, -0.1) is 0 Å². The summed E-state index contributed by atoms with van der Waals surface area (Å²) in [6, 6.07) is 17.9. The van der Waals surface area contributed by atoms with E-state index in [0.29, 0.717) is 5.39 Å². The van der Waals surface area contributed by atoms with Crippen LogP contribution < -0.4 is 0 Å². The van der Waals surface area contributed by atoms with Crippen molar-refractivity contribution in [1.29, 1.82) is 0 Å². The molecule has 1 amide bonds. The molecule has 0 saturated heterocycles. The molecular formula is C30H34FNO4. The average molecular weight is 492 g/mol. The minimum atomic E-state index is -0.854. The van der Waals surface area contributed by atoms with Crippen molar-refractivity contribution in [3.05, 3.63) is 83.2 Å². The second kappa shape index (κ2) is 10.3. The van der Waals surface area contributed by atoms with E-state index in [2.05, 4.69) is 0 Å². The first-order valence-electron chi connectivity index (χ1n) is 12.5. The van der Waals surface area contributed by atoms with Gasteiger partial charge < -0.3 is 9.84 Å². The van der Waals surface area contributed by atoms with Gasteiger partial charge in [-0.25, -0.2) is 9.18 Å². The average Bonchev–Trinajstić information content (AvgIpc) is 3.28. The zero-order valence-corrected chi connectivity index (χ0v) is 21.3. The number of amides is 1.